The third-order valence-corrected chi connectivity index (χ3v) is 3.92. The van der Waals surface area contributed by atoms with Crippen LogP contribution in [0.5, 0.6) is 0 Å². The standard InChI is InChI=1S/C17H15F4N5O/c1-3-26-13(6-7-22-26)16(27)23-10-4-5-11(12(18)8-10)14-9-15(17(19,20)21)24-25(14)2/h4-9H,3H2,1-2H3,(H,23,27). The second-order valence-electron chi connectivity index (χ2n) is 5.72. The van der Waals surface area contributed by atoms with Crippen LogP contribution in [0.3, 0.4) is 0 Å². The Morgan fingerprint density at radius 1 is 1.22 bits per heavy atom. The second-order valence-corrected chi connectivity index (χ2v) is 5.72. The highest BCUT2D eigenvalue weighted by Crippen LogP contribution is 2.32. The fourth-order valence-electron chi connectivity index (χ4n) is 2.63. The summed E-state index contributed by atoms with van der Waals surface area (Å²) in [5.74, 6) is -1.25. The average Bonchev–Trinajstić information content (AvgIpc) is 3.21. The van der Waals surface area contributed by atoms with Crippen molar-refractivity contribution in [2.24, 2.45) is 7.05 Å². The summed E-state index contributed by atoms with van der Waals surface area (Å²) in [6, 6.07) is 6.04. The van der Waals surface area contributed by atoms with E-state index >= 15 is 0 Å². The van der Waals surface area contributed by atoms with Crippen LogP contribution in [-0.4, -0.2) is 25.5 Å². The predicted octanol–water partition coefficient (Wildman–Crippen LogP) is 3.71. The first-order valence-electron chi connectivity index (χ1n) is 7.95. The molecule has 3 rings (SSSR count). The summed E-state index contributed by atoms with van der Waals surface area (Å²) in [6.45, 7) is 2.31. The smallest absolute Gasteiger partial charge is 0.321 e. The van der Waals surface area contributed by atoms with Crippen molar-refractivity contribution in [3.05, 3.63) is 53.7 Å². The maximum absolute atomic E-state index is 14.5. The van der Waals surface area contributed by atoms with E-state index in [0.717, 1.165) is 16.8 Å². The van der Waals surface area contributed by atoms with E-state index in [1.54, 1.807) is 0 Å². The zero-order chi connectivity index (χ0) is 19.8. The van der Waals surface area contributed by atoms with Crippen molar-refractivity contribution in [2.75, 3.05) is 5.32 Å². The van der Waals surface area contributed by atoms with Crippen molar-refractivity contribution < 1.29 is 22.4 Å². The first kappa shape index (κ1) is 18.6. The third kappa shape index (κ3) is 3.69. The van der Waals surface area contributed by atoms with E-state index in [4.69, 9.17) is 0 Å². The van der Waals surface area contributed by atoms with Crippen LogP contribution in [0.2, 0.25) is 0 Å². The van der Waals surface area contributed by atoms with Gasteiger partial charge in [-0.3, -0.25) is 14.2 Å². The summed E-state index contributed by atoms with van der Waals surface area (Å²) >= 11 is 0. The molecule has 0 fully saturated rings. The number of carbonyl (C=O) groups is 1. The van der Waals surface area contributed by atoms with E-state index in [0.29, 0.717) is 12.2 Å². The lowest BCUT2D eigenvalue weighted by Gasteiger charge is -2.09. The van der Waals surface area contributed by atoms with Crippen LogP contribution in [0, 0.1) is 5.82 Å². The summed E-state index contributed by atoms with van der Waals surface area (Å²) in [4.78, 5) is 12.3. The molecule has 0 saturated heterocycles. The number of carbonyl (C=O) groups excluding carboxylic acids is 1. The van der Waals surface area contributed by atoms with Crippen molar-refractivity contribution in [3.8, 4) is 11.3 Å². The molecule has 0 atom stereocenters. The molecule has 1 aromatic carbocycles. The molecule has 27 heavy (non-hydrogen) atoms. The lowest BCUT2D eigenvalue weighted by Crippen LogP contribution is -2.17. The molecule has 1 amide bonds. The Kier molecular flexibility index (Phi) is 4.73. The molecule has 0 aliphatic rings. The number of halogens is 4. The number of aryl methyl sites for hydroxylation is 2. The highest BCUT2D eigenvalue weighted by molar-refractivity contribution is 6.03. The maximum atomic E-state index is 14.5. The molecule has 0 saturated carbocycles. The first-order valence-corrected chi connectivity index (χ1v) is 7.95. The summed E-state index contributed by atoms with van der Waals surface area (Å²) in [5, 5.41) is 9.89. The normalized spacial score (nSPS) is 11.6. The van der Waals surface area contributed by atoms with Gasteiger partial charge in [-0.25, -0.2) is 4.39 Å². The van der Waals surface area contributed by atoms with Gasteiger partial charge in [0.15, 0.2) is 5.69 Å². The van der Waals surface area contributed by atoms with Crippen LogP contribution in [-0.2, 0) is 19.8 Å². The fraction of sp³-hybridized carbons (Fsp3) is 0.235. The van der Waals surface area contributed by atoms with Gasteiger partial charge >= 0.3 is 6.18 Å². The van der Waals surface area contributed by atoms with Gasteiger partial charge < -0.3 is 5.32 Å². The number of anilines is 1. The number of hydrogen-bond acceptors (Lipinski definition) is 3. The highest BCUT2D eigenvalue weighted by Gasteiger charge is 2.35. The molecule has 0 aliphatic carbocycles. The number of amides is 1. The van der Waals surface area contributed by atoms with E-state index in [1.807, 2.05) is 6.92 Å². The number of nitrogens with zero attached hydrogens (tertiary/aromatic N) is 4. The summed E-state index contributed by atoms with van der Waals surface area (Å²) in [6.07, 6.45) is -3.15. The quantitative estimate of drug-likeness (QED) is 0.701. The lowest BCUT2D eigenvalue weighted by molar-refractivity contribution is -0.141. The van der Waals surface area contributed by atoms with Crippen LogP contribution in [0.1, 0.15) is 23.1 Å². The fourth-order valence-corrected chi connectivity index (χ4v) is 2.63. The van der Waals surface area contributed by atoms with Crippen LogP contribution in [0.25, 0.3) is 11.3 Å². The maximum Gasteiger partial charge on any atom is 0.435 e. The molecular formula is C17H15F4N5O. The van der Waals surface area contributed by atoms with E-state index in [-0.39, 0.29) is 16.9 Å². The molecule has 10 heteroatoms. The van der Waals surface area contributed by atoms with Gasteiger partial charge in [0.2, 0.25) is 0 Å². The molecule has 1 N–H and O–H groups in total. The van der Waals surface area contributed by atoms with E-state index < -0.39 is 23.6 Å². The van der Waals surface area contributed by atoms with Crippen LogP contribution in [0.4, 0.5) is 23.2 Å². The topological polar surface area (TPSA) is 64.7 Å². The van der Waals surface area contributed by atoms with E-state index in [9.17, 15) is 22.4 Å². The molecule has 0 aliphatic heterocycles. The molecule has 6 nitrogen and oxygen atoms in total. The Bertz CT molecular complexity index is 990. The molecular weight excluding hydrogens is 366 g/mol. The number of benzene rings is 1. The molecule has 3 aromatic rings. The molecule has 0 bridgehead atoms. The number of aromatic nitrogens is 4. The van der Waals surface area contributed by atoms with Gasteiger partial charge in [-0.1, -0.05) is 0 Å². The van der Waals surface area contributed by atoms with Gasteiger partial charge in [0, 0.05) is 31.0 Å². The minimum Gasteiger partial charge on any atom is -0.321 e. The Labute approximate surface area is 151 Å². The largest absolute Gasteiger partial charge is 0.435 e. The van der Waals surface area contributed by atoms with Crippen molar-refractivity contribution >= 4 is 11.6 Å². The summed E-state index contributed by atoms with van der Waals surface area (Å²) < 4.78 is 55.2. The van der Waals surface area contributed by atoms with Crippen molar-refractivity contribution in [1.29, 1.82) is 0 Å². The molecule has 0 radical (unpaired) electrons. The van der Waals surface area contributed by atoms with E-state index in [1.165, 1.54) is 36.1 Å². The van der Waals surface area contributed by atoms with Crippen molar-refractivity contribution in [2.45, 2.75) is 19.6 Å². The predicted molar refractivity (Wildman–Crippen MR) is 89.5 cm³/mol. The summed E-state index contributed by atoms with van der Waals surface area (Å²) in [5.41, 5.74) is -0.713. The highest BCUT2D eigenvalue weighted by atomic mass is 19.4. The molecule has 142 valence electrons. The number of hydrogen-bond donors (Lipinski definition) is 1. The van der Waals surface area contributed by atoms with Crippen molar-refractivity contribution in [1.82, 2.24) is 19.6 Å². The SMILES string of the molecule is CCn1nccc1C(=O)Nc1ccc(-c2cc(C(F)(F)F)nn2C)c(F)c1. The van der Waals surface area contributed by atoms with Gasteiger partial charge in [0.1, 0.15) is 11.5 Å². The molecule has 2 heterocycles. The Morgan fingerprint density at radius 3 is 2.56 bits per heavy atom. The van der Waals surface area contributed by atoms with Gasteiger partial charge in [0.25, 0.3) is 5.91 Å². The zero-order valence-corrected chi connectivity index (χ0v) is 14.4. The second kappa shape index (κ2) is 6.86. The molecule has 2 aromatic heterocycles. The third-order valence-electron chi connectivity index (χ3n) is 3.92. The Hall–Kier alpha value is -3.17. The Morgan fingerprint density at radius 2 is 1.96 bits per heavy atom. The van der Waals surface area contributed by atoms with Crippen molar-refractivity contribution in [3.63, 3.8) is 0 Å². The van der Waals surface area contributed by atoms with Crippen LogP contribution in [0.15, 0.2) is 36.5 Å². The summed E-state index contributed by atoms with van der Waals surface area (Å²) in [7, 11) is 1.30. The van der Waals surface area contributed by atoms with Gasteiger partial charge in [-0.15, -0.1) is 0 Å². The lowest BCUT2D eigenvalue weighted by atomic mass is 10.1. The van der Waals surface area contributed by atoms with Gasteiger partial charge in [-0.2, -0.15) is 23.4 Å². The van der Waals surface area contributed by atoms with Gasteiger partial charge in [-0.05, 0) is 37.3 Å². The van der Waals surface area contributed by atoms with E-state index in [2.05, 4.69) is 15.5 Å². The number of alkyl halides is 3. The molecule has 0 unspecified atom stereocenters. The minimum atomic E-state index is -4.62. The minimum absolute atomic E-state index is 0.0261. The van der Waals surface area contributed by atoms with Crippen LogP contribution >= 0.6 is 0 Å². The first-order chi connectivity index (χ1) is 12.7. The Balaban J connectivity index is 1.86. The van der Waals surface area contributed by atoms with Crippen LogP contribution < -0.4 is 5.32 Å². The number of rotatable bonds is 4. The van der Waals surface area contributed by atoms with Gasteiger partial charge in [0.05, 0.1) is 5.69 Å². The monoisotopic (exact) mass is 381 g/mol. The number of nitrogens with one attached hydrogen (secondary N) is 1. The average molecular weight is 381 g/mol. The molecule has 0 spiro atoms. The zero-order valence-electron chi connectivity index (χ0n) is 14.4.